The Labute approximate surface area is 269 Å². The van der Waals surface area contributed by atoms with Gasteiger partial charge < -0.3 is 40.2 Å². The predicted molar refractivity (Wildman–Crippen MR) is 174 cm³/mol. The maximum atomic E-state index is 13.4. The molecular formula is C34H42N4O8. The minimum Gasteiger partial charge on any atom is -0.493 e. The number of para-hydroxylation sites is 1. The van der Waals surface area contributed by atoms with Gasteiger partial charge in [-0.05, 0) is 66.8 Å². The number of aryl methyl sites for hydroxylation is 1. The molecule has 3 rings (SSSR count). The molecule has 0 saturated heterocycles. The molecule has 246 valence electrons. The van der Waals surface area contributed by atoms with Crippen LogP contribution in [0.15, 0.2) is 66.7 Å². The minimum absolute atomic E-state index is 0.0292. The zero-order chi connectivity index (χ0) is 33.5. The largest absolute Gasteiger partial charge is 0.493 e. The Bertz CT molecular complexity index is 1480. The van der Waals surface area contributed by atoms with Gasteiger partial charge in [-0.15, -0.1) is 0 Å². The minimum atomic E-state index is -1.10. The predicted octanol–water partition coefficient (Wildman–Crippen LogP) is 4.79. The summed E-state index contributed by atoms with van der Waals surface area (Å²) in [4.78, 5) is 52.2. The van der Waals surface area contributed by atoms with Crippen LogP contribution in [0.4, 0.5) is 16.2 Å². The average molecular weight is 635 g/mol. The van der Waals surface area contributed by atoms with Crippen molar-refractivity contribution in [3.05, 3.63) is 83.4 Å². The molecule has 4 amide bonds. The van der Waals surface area contributed by atoms with Crippen LogP contribution in [-0.2, 0) is 25.5 Å². The number of urea groups is 1. The van der Waals surface area contributed by atoms with Crippen molar-refractivity contribution in [2.24, 2.45) is 0 Å². The summed E-state index contributed by atoms with van der Waals surface area (Å²) >= 11 is 0. The highest BCUT2D eigenvalue weighted by Crippen LogP contribution is 2.31. The number of nitrogens with zero attached hydrogens (tertiary/aromatic N) is 1. The van der Waals surface area contributed by atoms with E-state index in [0.29, 0.717) is 60.0 Å². The van der Waals surface area contributed by atoms with Crippen molar-refractivity contribution < 1.29 is 38.5 Å². The highest BCUT2D eigenvalue weighted by Gasteiger charge is 2.23. The zero-order valence-electron chi connectivity index (χ0n) is 26.6. The number of ether oxygens (including phenoxy) is 3. The number of hydrogen-bond acceptors (Lipinski definition) is 7. The molecule has 0 aliphatic rings. The molecule has 3 aromatic rings. The molecule has 46 heavy (non-hydrogen) atoms. The number of benzene rings is 3. The van der Waals surface area contributed by atoms with Gasteiger partial charge in [0.1, 0.15) is 0 Å². The molecule has 0 aromatic heterocycles. The fourth-order valence-electron chi connectivity index (χ4n) is 4.74. The molecular weight excluding hydrogens is 592 g/mol. The lowest BCUT2D eigenvalue weighted by molar-refractivity contribution is -0.139. The molecule has 0 bridgehead atoms. The van der Waals surface area contributed by atoms with Crippen LogP contribution in [0.5, 0.6) is 11.5 Å². The van der Waals surface area contributed by atoms with Crippen LogP contribution in [0.1, 0.15) is 42.0 Å². The van der Waals surface area contributed by atoms with Crippen LogP contribution in [0.2, 0.25) is 0 Å². The lowest BCUT2D eigenvalue weighted by Crippen LogP contribution is -2.43. The van der Waals surface area contributed by atoms with Gasteiger partial charge in [0, 0.05) is 31.6 Å². The quantitative estimate of drug-likeness (QED) is 0.155. The summed E-state index contributed by atoms with van der Waals surface area (Å²) in [5.41, 5.74) is 3.41. The number of unbranched alkanes of at least 4 members (excludes halogenated alkanes) is 1. The van der Waals surface area contributed by atoms with Crippen LogP contribution in [0, 0.1) is 6.92 Å². The van der Waals surface area contributed by atoms with Crippen molar-refractivity contribution in [1.29, 1.82) is 0 Å². The van der Waals surface area contributed by atoms with Crippen molar-refractivity contribution in [3.63, 3.8) is 0 Å². The van der Waals surface area contributed by atoms with Gasteiger partial charge in [-0.1, -0.05) is 36.4 Å². The Hall–Kier alpha value is -5.10. The molecule has 0 unspecified atom stereocenters. The van der Waals surface area contributed by atoms with Gasteiger partial charge in [-0.2, -0.15) is 0 Å². The number of methoxy groups -OCH3 is 3. The van der Waals surface area contributed by atoms with Crippen LogP contribution in [-0.4, -0.2) is 74.8 Å². The fraction of sp³-hybridized carbons (Fsp3) is 0.353. The number of rotatable bonds is 17. The van der Waals surface area contributed by atoms with E-state index in [2.05, 4.69) is 16.0 Å². The van der Waals surface area contributed by atoms with Crippen molar-refractivity contribution >= 4 is 35.2 Å². The summed E-state index contributed by atoms with van der Waals surface area (Å²) in [7, 11) is 4.55. The number of hydrogen-bond donors (Lipinski definition) is 4. The Morgan fingerprint density at radius 3 is 2.24 bits per heavy atom. The second kappa shape index (κ2) is 18.0. The number of carboxylic acids is 1. The first-order valence-corrected chi connectivity index (χ1v) is 14.9. The molecule has 12 heteroatoms. The first kappa shape index (κ1) is 35.4. The normalized spacial score (nSPS) is 11.2. The topological polar surface area (TPSA) is 156 Å². The van der Waals surface area contributed by atoms with E-state index >= 15 is 0 Å². The SMILES string of the molecule is COCCCCN(CC(=O)N[C@@H](CC(=O)O)c1ccc(OC)c(OC)c1)C(=O)Cc1ccc(NC(=O)Nc2ccccc2C)cc1. The molecule has 0 saturated carbocycles. The van der Waals surface area contributed by atoms with Gasteiger partial charge in [-0.25, -0.2) is 4.79 Å². The summed E-state index contributed by atoms with van der Waals surface area (Å²) in [6.45, 7) is 2.47. The average Bonchev–Trinajstić information content (AvgIpc) is 3.03. The smallest absolute Gasteiger partial charge is 0.323 e. The van der Waals surface area contributed by atoms with Gasteiger partial charge in [-0.3, -0.25) is 14.4 Å². The Morgan fingerprint density at radius 1 is 0.870 bits per heavy atom. The number of carbonyl (C=O) groups excluding carboxylic acids is 3. The van der Waals surface area contributed by atoms with Gasteiger partial charge in [0.15, 0.2) is 11.5 Å². The van der Waals surface area contributed by atoms with Crippen LogP contribution in [0.25, 0.3) is 0 Å². The lowest BCUT2D eigenvalue weighted by atomic mass is 10.0. The van der Waals surface area contributed by atoms with Gasteiger partial charge in [0.05, 0.1) is 39.6 Å². The van der Waals surface area contributed by atoms with E-state index in [4.69, 9.17) is 14.2 Å². The summed E-state index contributed by atoms with van der Waals surface area (Å²) in [5.74, 6) is -1.01. The summed E-state index contributed by atoms with van der Waals surface area (Å²) in [6.07, 6.45) is 0.966. The van der Waals surface area contributed by atoms with Gasteiger partial charge >= 0.3 is 12.0 Å². The number of aliphatic carboxylic acids is 1. The number of amides is 4. The van der Waals surface area contributed by atoms with Gasteiger partial charge in [0.2, 0.25) is 11.8 Å². The number of carboxylic acid groups (broad SMARTS) is 1. The second-order valence-electron chi connectivity index (χ2n) is 10.6. The monoisotopic (exact) mass is 634 g/mol. The molecule has 0 aliphatic carbocycles. The fourth-order valence-corrected chi connectivity index (χ4v) is 4.74. The Balaban J connectivity index is 1.66. The summed E-state index contributed by atoms with van der Waals surface area (Å²) < 4.78 is 15.7. The number of anilines is 2. The molecule has 0 aliphatic heterocycles. The molecule has 4 N–H and O–H groups in total. The molecule has 0 spiro atoms. The van der Waals surface area contributed by atoms with E-state index in [9.17, 15) is 24.3 Å². The standard InChI is InChI=1S/C34H42N4O8/c1-23-9-5-6-10-27(23)37-34(43)35-26-14-11-24(12-15-26)19-32(40)38(17-7-8-18-44-2)22-31(39)36-28(21-33(41)42)25-13-16-29(45-3)30(20-25)46-4/h5-6,9-16,20,28H,7-8,17-19,21-22H2,1-4H3,(H,36,39)(H,41,42)(H2,35,37,43)/t28-/m0/s1. The van der Waals surface area contributed by atoms with Crippen molar-refractivity contribution in [2.45, 2.75) is 38.6 Å². The molecule has 0 heterocycles. The van der Waals surface area contributed by atoms with Gasteiger partial charge in [0.25, 0.3) is 0 Å². The van der Waals surface area contributed by atoms with E-state index < -0.39 is 17.9 Å². The number of carbonyl (C=O) groups is 4. The lowest BCUT2D eigenvalue weighted by Gasteiger charge is -2.25. The first-order valence-electron chi connectivity index (χ1n) is 14.9. The maximum Gasteiger partial charge on any atom is 0.323 e. The summed E-state index contributed by atoms with van der Waals surface area (Å²) in [6, 6.07) is 18.0. The maximum absolute atomic E-state index is 13.4. The van der Waals surface area contributed by atoms with Crippen LogP contribution < -0.4 is 25.4 Å². The third kappa shape index (κ3) is 11.1. The van der Waals surface area contributed by atoms with Crippen molar-refractivity contribution in [3.8, 4) is 11.5 Å². The van der Waals surface area contributed by atoms with Crippen LogP contribution >= 0.6 is 0 Å². The van der Waals surface area contributed by atoms with Crippen molar-refractivity contribution in [1.82, 2.24) is 10.2 Å². The first-order chi connectivity index (χ1) is 22.1. The van der Waals surface area contributed by atoms with E-state index in [1.54, 1.807) is 49.6 Å². The van der Waals surface area contributed by atoms with E-state index in [1.807, 2.05) is 31.2 Å². The highest BCUT2D eigenvalue weighted by molar-refractivity contribution is 6.00. The molecule has 3 aromatic carbocycles. The third-order valence-corrected chi connectivity index (χ3v) is 7.20. The Morgan fingerprint density at radius 2 is 1.59 bits per heavy atom. The van der Waals surface area contributed by atoms with Crippen LogP contribution in [0.3, 0.4) is 0 Å². The van der Waals surface area contributed by atoms with E-state index in [-0.39, 0.29) is 31.3 Å². The molecule has 0 radical (unpaired) electrons. The molecule has 0 fully saturated rings. The van der Waals surface area contributed by atoms with Crippen molar-refractivity contribution in [2.75, 3.05) is 51.7 Å². The van der Waals surface area contributed by atoms with E-state index in [0.717, 1.165) is 5.56 Å². The second-order valence-corrected chi connectivity index (χ2v) is 10.6. The van der Waals surface area contributed by atoms with E-state index in [1.165, 1.54) is 19.1 Å². The third-order valence-electron chi connectivity index (χ3n) is 7.20. The molecule has 12 nitrogen and oxygen atoms in total. The molecule has 1 atom stereocenters. The Kier molecular flexibility index (Phi) is 13.9. The number of nitrogens with one attached hydrogen (secondary N) is 3. The highest BCUT2D eigenvalue weighted by atomic mass is 16.5. The zero-order valence-corrected chi connectivity index (χ0v) is 26.6. The summed E-state index contributed by atoms with van der Waals surface area (Å²) in [5, 5.41) is 17.9.